The molecule has 1 rings (SSSR count). The third kappa shape index (κ3) is 3.20. The van der Waals surface area contributed by atoms with Crippen LogP contribution in [0, 0.1) is 0 Å². The Morgan fingerprint density at radius 1 is 1.69 bits per heavy atom. The highest BCUT2D eigenvalue weighted by atomic mass is 32.1. The quantitative estimate of drug-likeness (QED) is 0.339. The summed E-state index contributed by atoms with van der Waals surface area (Å²) in [7, 11) is 0. The molecular weight excluding hydrogens is 235 g/mol. The van der Waals surface area contributed by atoms with Gasteiger partial charge in [0.2, 0.25) is 5.71 Å². The summed E-state index contributed by atoms with van der Waals surface area (Å²) in [6.45, 7) is 2.87. The topological polar surface area (TPSA) is 68.6 Å². The molecule has 86 valence electrons. The summed E-state index contributed by atoms with van der Waals surface area (Å²) in [5, 5.41) is 4.77. The lowest BCUT2D eigenvalue weighted by molar-refractivity contribution is -0.128. The third-order valence-electron chi connectivity index (χ3n) is 1.52. The van der Waals surface area contributed by atoms with E-state index in [0.29, 0.717) is 6.29 Å². The molecule has 0 aromatic carbocycles. The second-order valence-electron chi connectivity index (χ2n) is 3.40. The summed E-state index contributed by atoms with van der Waals surface area (Å²) in [4.78, 5) is 29.6. The molecule has 1 aromatic heterocycles. The summed E-state index contributed by atoms with van der Waals surface area (Å²) in [5.74, 6) is 0. The maximum Gasteiger partial charge on any atom is 0.356 e. The Kier molecular flexibility index (Phi) is 3.83. The molecule has 0 saturated heterocycles. The zero-order chi connectivity index (χ0) is 12.2. The van der Waals surface area contributed by atoms with E-state index in [2.05, 4.69) is 10.1 Å². The van der Waals surface area contributed by atoms with E-state index in [1.165, 1.54) is 36.1 Å². The smallest absolute Gasteiger partial charge is 0.356 e. The lowest BCUT2D eigenvalue weighted by Crippen LogP contribution is -2.25. The molecule has 0 spiro atoms. The van der Waals surface area contributed by atoms with E-state index in [4.69, 9.17) is 4.84 Å². The van der Waals surface area contributed by atoms with Crippen molar-refractivity contribution in [3.8, 4) is 0 Å². The molecule has 0 fully saturated rings. The molecule has 5 nitrogen and oxygen atoms in total. The van der Waals surface area contributed by atoms with Crippen molar-refractivity contribution in [1.82, 2.24) is 4.98 Å². The van der Waals surface area contributed by atoms with Gasteiger partial charge in [-0.25, -0.2) is 4.98 Å². The minimum Gasteiger partial charge on any atom is -0.381 e. The Morgan fingerprint density at radius 2 is 2.38 bits per heavy atom. The van der Waals surface area contributed by atoms with E-state index < -0.39 is 17.3 Å². The number of thiazole rings is 1. The largest absolute Gasteiger partial charge is 0.381 e. The van der Waals surface area contributed by atoms with Crippen LogP contribution in [0.15, 0.2) is 16.0 Å². The van der Waals surface area contributed by atoms with Gasteiger partial charge in [0.25, 0.3) is 0 Å². The number of nitrogens with zero attached hydrogens (tertiary/aromatic N) is 2. The maximum atomic E-state index is 12.6. The van der Waals surface area contributed by atoms with Crippen LogP contribution in [0.5, 0.6) is 0 Å². The molecule has 0 aliphatic carbocycles. The molecular formula is C9H9FN2O3S. The summed E-state index contributed by atoms with van der Waals surface area (Å²) in [5.41, 5.74) is -0.245. The van der Waals surface area contributed by atoms with Gasteiger partial charge >= 0.3 is 6.04 Å². The van der Waals surface area contributed by atoms with Crippen molar-refractivity contribution in [2.24, 2.45) is 5.16 Å². The number of rotatable bonds is 5. The second kappa shape index (κ2) is 4.93. The van der Waals surface area contributed by atoms with Gasteiger partial charge in [-0.2, -0.15) is 4.39 Å². The molecule has 0 saturated carbocycles. The fourth-order valence-electron chi connectivity index (χ4n) is 0.698. The van der Waals surface area contributed by atoms with Crippen LogP contribution >= 0.6 is 11.3 Å². The fraction of sp³-hybridized carbons (Fsp3) is 0.333. The van der Waals surface area contributed by atoms with Gasteiger partial charge in [0.1, 0.15) is 5.69 Å². The van der Waals surface area contributed by atoms with Gasteiger partial charge in [-0.3, -0.25) is 9.59 Å². The van der Waals surface area contributed by atoms with Crippen molar-refractivity contribution >= 4 is 29.4 Å². The van der Waals surface area contributed by atoms with Crippen LogP contribution in [0.3, 0.4) is 0 Å². The predicted octanol–water partition coefficient (Wildman–Crippen LogP) is 1.34. The van der Waals surface area contributed by atoms with E-state index in [9.17, 15) is 14.0 Å². The van der Waals surface area contributed by atoms with Gasteiger partial charge < -0.3 is 4.84 Å². The van der Waals surface area contributed by atoms with E-state index >= 15 is 0 Å². The Hall–Kier alpha value is -1.63. The monoisotopic (exact) mass is 244 g/mol. The first-order chi connectivity index (χ1) is 7.46. The zero-order valence-corrected chi connectivity index (χ0v) is 9.45. The molecule has 0 N–H and O–H groups in total. The number of aldehydes is 1. The molecule has 0 atom stereocenters. The first-order valence-corrected chi connectivity index (χ1v) is 5.21. The number of carbonyl (C=O) groups excluding carboxylic acids is 2. The van der Waals surface area contributed by atoms with E-state index in [0.717, 1.165) is 0 Å². The van der Waals surface area contributed by atoms with Crippen molar-refractivity contribution in [2.45, 2.75) is 19.4 Å². The Balaban J connectivity index is 2.92. The number of hydrogen-bond donors (Lipinski definition) is 0. The van der Waals surface area contributed by atoms with Crippen LogP contribution in [0.1, 0.15) is 19.5 Å². The maximum absolute atomic E-state index is 12.6. The average Bonchev–Trinajstić information content (AvgIpc) is 2.71. The molecule has 16 heavy (non-hydrogen) atoms. The Bertz CT molecular complexity index is 414. The first kappa shape index (κ1) is 12.4. The summed E-state index contributed by atoms with van der Waals surface area (Å²) < 4.78 is 12.6. The number of aromatic nitrogens is 1. The number of carbonyl (C=O) groups is 2. The van der Waals surface area contributed by atoms with Crippen molar-refractivity contribution in [2.75, 3.05) is 0 Å². The molecule has 0 aliphatic heterocycles. The van der Waals surface area contributed by atoms with Crippen LogP contribution in [0.4, 0.5) is 4.39 Å². The van der Waals surface area contributed by atoms with Gasteiger partial charge in [0.15, 0.2) is 11.9 Å². The van der Waals surface area contributed by atoms with Crippen LogP contribution in [-0.2, 0) is 14.4 Å². The Labute approximate surface area is 94.9 Å². The molecule has 0 bridgehead atoms. The highest BCUT2D eigenvalue weighted by Crippen LogP contribution is 2.09. The number of oxime groups is 1. The molecule has 0 radical (unpaired) electrons. The number of halogens is 1. The van der Waals surface area contributed by atoms with Crippen molar-refractivity contribution in [1.29, 1.82) is 0 Å². The average molecular weight is 244 g/mol. The first-order valence-electron chi connectivity index (χ1n) is 4.27. The van der Waals surface area contributed by atoms with E-state index in [1.54, 1.807) is 0 Å². The highest BCUT2D eigenvalue weighted by molar-refractivity contribution is 7.07. The van der Waals surface area contributed by atoms with Gasteiger partial charge in [-0.15, -0.1) is 11.3 Å². The summed E-state index contributed by atoms with van der Waals surface area (Å²) >= 11 is 1.19. The molecule has 1 heterocycles. The molecule has 0 unspecified atom stereocenters. The van der Waals surface area contributed by atoms with Gasteiger partial charge in [-0.1, -0.05) is 5.16 Å². The van der Waals surface area contributed by atoms with Crippen molar-refractivity contribution in [3.05, 3.63) is 16.6 Å². The lowest BCUT2D eigenvalue weighted by atomic mass is 10.2. The summed E-state index contributed by atoms with van der Waals surface area (Å²) in [6.07, 6.45) is 0.498. The standard InChI is InChI=1S/C9H9FN2O3S/c1-9(2,4-13)15-12-7(8(10)14)6-3-16-5-11-6/h3-5H,1-2H3/b12-7-. The number of hydrogen-bond acceptors (Lipinski definition) is 6. The summed E-state index contributed by atoms with van der Waals surface area (Å²) in [6, 6.07) is -1.76. The molecule has 7 heteroatoms. The molecule has 0 amide bonds. The third-order valence-corrected chi connectivity index (χ3v) is 2.10. The van der Waals surface area contributed by atoms with Crippen LogP contribution in [-0.4, -0.2) is 28.6 Å². The fourth-order valence-corrected chi connectivity index (χ4v) is 1.23. The van der Waals surface area contributed by atoms with Crippen molar-refractivity contribution in [3.63, 3.8) is 0 Å². The molecule has 1 aromatic rings. The van der Waals surface area contributed by atoms with Crippen LogP contribution < -0.4 is 0 Å². The van der Waals surface area contributed by atoms with Gasteiger partial charge in [-0.05, 0) is 13.8 Å². The second-order valence-corrected chi connectivity index (χ2v) is 4.12. The molecule has 0 aliphatic rings. The zero-order valence-electron chi connectivity index (χ0n) is 8.64. The Morgan fingerprint density at radius 3 is 2.81 bits per heavy atom. The van der Waals surface area contributed by atoms with Crippen LogP contribution in [0.2, 0.25) is 0 Å². The highest BCUT2D eigenvalue weighted by Gasteiger charge is 2.21. The van der Waals surface area contributed by atoms with E-state index in [1.807, 2.05) is 0 Å². The van der Waals surface area contributed by atoms with E-state index in [-0.39, 0.29) is 5.69 Å². The lowest BCUT2D eigenvalue weighted by Gasteiger charge is -2.13. The SMILES string of the molecule is CC(C)(C=O)O/N=C(\C(=O)F)c1cscn1. The predicted molar refractivity (Wildman–Crippen MR) is 56.0 cm³/mol. The van der Waals surface area contributed by atoms with Gasteiger partial charge in [0.05, 0.1) is 5.51 Å². The normalized spacial score (nSPS) is 12.3. The minimum atomic E-state index is -1.76. The minimum absolute atomic E-state index is 0.0826. The van der Waals surface area contributed by atoms with Gasteiger partial charge in [0, 0.05) is 5.38 Å². The van der Waals surface area contributed by atoms with Crippen LogP contribution in [0.25, 0.3) is 0 Å². The van der Waals surface area contributed by atoms with Crippen molar-refractivity contribution < 1.29 is 18.8 Å².